The molecule has 1 aliphatic rings. The molecule has 164 valence electrons. The molecule has 0 saturated carbocycles. The minimum atomic E-state index is -0.556. The lowest BCUT2D eigenvalue weighted by Crippen LogP contribution is -2.27. The number of thioether (sulfide) groups is 1. The van der Waals surface area contributed by atoms with E-state index in [9.17, 15) is 14.3 Å². The van der Waals surface area contributed by atoms with Gasteiger partial charge in [-0.15, -0.1) is 0 Å². The summed E-state index contributed by atoms with van der Waals surface area (Å²) in [5.41, 5.74) is 2.30. The van der Waals surface area contributed by atoms with E-state index in [1.54, 1.807) is 6.08 Å². The number of anilines is 1. The van der Waals surface area contributed by atoms with Crippen LogP contribution in [-0.2, 0) is 15.6 Å². The molecule has 3 rings (SSSR count). The smallest absolute Gasteiger partial charge is 0.270 e. The first kappa shape index (κ1) is 23.8. The van der Waals surface area contributed by atoms with Crippen LogP contribution in [0, 0.1) is 5.82 Å². The fraction of sp³-hybridized carbons (Fsp3) is 0.333. The van der Waals surface area contributed by atoms with Crippen LogP contribution in [0.15, 0.2) is 35.2 Å². The van der Waals surface area contributed by atoms with Crippen LogP contribution in [0.2, 0.25) is 5.02 Å². The van der Waals surface area contributed by atoms with Crippen LogP contribution in [0.1, 0.15) is 58.2 Å². The normalized spacial score (nSPS) is 16.5. The summed E-state index contributed by atoms with van der Waals surface area (Å²) >= 11 is 12.5. The standard InChI is InChI=1S/C24H25ClFNO2S2/c1-23(2,3)15-9-13(10-16(20(15)28)24(4,5)6)11-19-21(29)27(22(30)31-19)14-7-8-18(26)17(25)12-14/h7-12,28H,1-6H3/b19-11-. The average Bonchev–Trinajstić information content (AvgIpc) is 2.90. The summed E-state index contributed by atoms with van der Waals surface area (Å²) in [7, 11) is 0. The second-order valence-electron chi connectivity index (χ2n) is 9.58. The zero-order valence-electron chi connectivity index (χ0n) is 18.3. The van der Waals surface area contributed by atoms with Gasteiger partial charge in [-0.05, 0) is 52.8 Å². The van der Waals surface area contributed by atoms with Crippen molar-refractivity contribution in [2.75, 3.05) is 4.90 Å². The van der Waals surface area contributed by atoms with Gasteiger partial charge in [0, 0.05) is 11.1 Å². The maximum atomic E-state index is 13.5. The van der Waals surface area contributed by atoms with Crippen molar-refractivity contribution in [2.45, 2.75) is 52.4 Å². The van der Waals surface area contributed by atoms with Crippen LogP contribution in [0.25, 0.3) is 6.08 Å². The molecular weight excluding hydrogens is 453 g/mol. The van der Waals surface area contributed by atoms with Gasteiger partial charge in [0.15, 0.2) is 4.32 Å². The molecule has 1 aliphatic heterocycles. The molecular formula is C24H25ClFNO2S2. The topological polar surface area (TPSA) is 40.5 Å². The summed E-state index contributed by atoms with van der Waals surface area (Å²) in [6, 6.07) is 7.90. The number of amides is 1. The Morgan fingerprint density at radius 1 is 1.06 bits per heavy atom. The molecule has 1 amide bonds. The van der Waals surface area contributed by atoms with Crippen molar-refractivity contribution >= 4 is 57.6 Å². The van der Waals surface area contributed by atoms with Crippen LogP contribution in [-0.4, -0.2) is 15.3 Å². The molecule has 2 aromatic carbocycles. The third-order valence-electron chi connectivity index (χ3n) is 5.00. The van der Waals surface area contributed by atoms with E-state index < -0.39 is 5.82 Å². The van der Waals surface area contributed by atoms with Crippen LogP contribution in [0.4, 0.5) is 10.1 Å². The van der Waals surface area contributed by atoms with E-state index in [1.165, 1.54) is 34.9 Å². The van der Waals surface area contributed by atoms with Gasteiger partial charge < -0.3 is 5.11 Å². The Morgan fingerprint density at radius 2 is 1.61 bits per heavy atom. The van der Waals surface area contributed by atoms with Gasteiger partial charge in [0.1, 0.15) is 11.6 Å². The number of thiocarbonyl (C=S) groups is 1. The fourth-order valence-electron chi connectivity index (χ4n) is 3.35. The first-order valence-corrected chi connectivity index (χ1v) is 11.4. The molecule has 7 heteroatoms. The number of aromatic hydroxyl groups is 1. The molecule has 0 aliphatic carbocycles. The van der Waals surface area contributed by atoms with E-state index in [4.69, 9.17) is 23.8 Å². The summed E-state index contributed by atoms with van der Waals surface area (Å²) in [6.07, 6.45) is 1.79. The lowest BCUT2D eigenvalue weighted by Gasteiger charge is -2.28. The van der Waals surface area contributed by atoms with E-state index in [1.807, 2.05) is 53.7 Å². The van der Waals surface area contributed by atoms with Crippen LogP contribution in [0.3, 0.4) is 0 Å². The van der Waals surface area contributed by atoms with Gasteiger partial charge in [-0.2, -0.15) is 0 Å². The molecule has 1 heterocycles. The first-order valence-electron chi connectivity index (χ1n) is 9.81. The van der Waals surface area contributed by atoms with Crippen molar-refractivity contribution in [1.29, 1.82) is 0 Å². The maximum Gasteiger partial charge on any atom is 0.270 e. The Balaban J connectivity index is 2.08. The lowest BCUT2D eigenvalue weighted by atomic mass is 9.78. The minimum absolute atomic E-state index is 0.0706. The number of nitrogens with zero attached hydrogens (tertiary/aromatic N) is 1. The van der Waals surface area contributed by atoms with E-state index >= 15 is 0 Å². The SMILES string of the molecule is CC(C)(C)c1cc(/C=C2\SC(=S)N(c3ccc(F)c(Cl)c3)C2=O)cc(C(C)(C)C)c1O. The van der Waals surface area contributed by atoms with Gasteiger partial charge in [0.2, 0.25) is 0 Å². The van der Waals surface area contributed by atoms with Gasteiger partial charge >= 0.3 is 0 Å². The quantitative estimate of drug-likeness (QED) is 0.367. The molecule has 0 atom stereocenters. The summed E-state index contributed by atoms with van der Waals surface area (Å²) in [5, 5.41) is 10.8. The molecule has 0 spiro atoms. The Morgan fingerprint density at radius 3 is 2.10 bits per heavy atom. The second kappa shape index (κ2) is 8.23. The number of carbonyl (C=O) groups excluding carboxylic acids is 1. The first-order chi connectivity index (χ1) is 14.2. The Kier molecular flexibility index (Phi) is 6.31. The molecule has 0 radical (unpaired) electrons. The molecule has 1 saturated heterocycles. The number of phenols is 1. The fourth-order valence-corrected chi connectivity index (χ4v) is 4.82. The predicted molar refractivity (Wildman–Crippen MR) is 133 cm³/mol. The summed E-state index contributed by atoms with van der Waals surface area (Å²) < 4.78 is 13.9. The molecule has 3 nitrogen and oxygen atoms in total. The largest absolute Gasteiger partial charge is 0.507 e. The van der Waals surface area contributed by atoms with E-state index in [0.29, 0.717) is 14.9 Å². The summed E-state index contributed by atoms with van der Waals surface area (Å²) in [5.74, 6) is -0.564. The van der Waals surface area contributed by atoms with Crippen molar-refractivity contribution in [2.24, 2.45) is 0 Å². The molecule has 2 aromatic rings. The highest BCUT2D eigenvalue weighted by molar-refractivity contribution is 8.27. The Labute approximate surface area is 197 Å². The number of halogens is 2. The lowest BCUT2D eigenvalue weighted by molar-refractivity contribution is -0.113. The van der Waals surface area contributed by atoms with Gasteiger partial charge in [0.05, 0.1) is 15.6 Å². The number of benzene rings is 2. The van der Waals surface area contributed by atoms with E-state index in [0.717, 1.165) is 16.7 Å². The van der Waals surface area contributed by atoms with Crippen LogP contribution in [0.5, 0.6) is 5.75 Å². The maximum absolute atomic E-state index is 13.5. The number of carbonyl (C=O) groups is 1. The van der Waals surface area contributed by atoms with Gasteiger partial charge in [-0.25, -0.2) is 4.39 Å². The third-order valence-corrected chi connectivity index (χ3v) is 6.59. The zero-order valence-corrected chi connectivity index (χ0v) is 20.7. The van der Waals surface area contributed by atoms with Crippen LogP contribution < -0.4 is 4.90 Å². The minimum Gasteiger partial charge on any atom is -0.507 e. The van der Waals surface area contributed by atoms with E-state index in [2.05, 4.69) is 0 Å². The third kappa shape index (κ3) is 4.81. The van der Waals surface area contributed by atoms with Crippen molar-refractivity contribution in [1.82, 2.24) is 0 Å². The van der Waals surface area contributed by atoms with Crippen molar-refractivity contribution in [3.8, 4) is 5.75 Å². The number of phenolic OH excluding ortho intramolecular Hbond substituents is 1. The predicted octanol–water partition coefficient (Wildman–Crippen LogP) is 7.19. The van der Waals surface area contributed by atoms with Crippen molar-refractivity contribution in [3.63, 3.8) is 0 Å². The highest BCUT2D eigenvalue weighted by Gasteiger charge is 2.34. The molecule has 1 fully saturated rings. The Hall–Kier alpha value is -1.89. The summed E-state index contributed by atoms with van der Waals surface area (Å²) in [4.78, 5) is 14.9. The summed E-state index contributed by atoms with van der Waals surface area (Å²) in [6.45, 7) is 12.2. The Bertz CT molecular complexity index is 1080. The highest BCUT2D eigenvalue weighted by Crippen LogP contribution is 2.42. The molecule has 0 unspecified atom stereocenters. The van der Waals surface area contributed by atoms with Crippen LogP contribution >= 0.6 is 35.6 Å². The van der Waals surface area contributed by atoms with Crippen molar-refractivity contribution < 1.29 is 14.3 Å². The monoisotopic (exact) mass is 477 g/mol. The van der Waals surface area contributed by atoms with Gasteiger partial charge in [-0.1, -0.05) is 77.1 Å². The number of hydrogen-bond donors (Lipinski definition) is 1. The van der Waals surface area contributed by atoms with Crippen molar-refractivity contribution in [3.05, 3.63) is 62.8 Å². The molecule has 31 heavy (non-hydrogen) atoms. The molecule has 0 aromatic heterocycles. The molecule has 1 N–H and O–H groups in total. The second-order valence-corrected chi connectivity index (χ2v) is 11.7. The highest BCUT2D eigenvalue weighted by atomic mass is 35.5. The van der Waals surface area contributed by atoms with Gasteiger partial charge in [-0.3, -0.25) is 9.69 Å². The number of hydrogen-bond acceptors (Lipinski definition) is 4. The molecule has 0 bridgehead atoms. The van der Waals surface area contributed by atoms with E-state index in [-0.39, 0.29) is 27.5 Å². The number of rotatable bonds is 2. The average molecular weight is 478 g/mol. The van der Waals surface area contributed by atoms with Gasteiger partial charge in [0.25, 0.3) is 5.91 Å². The zero-order chi connectivity index (χ0) is 23.3.